The van der Waals surface area contributed by atoms with Crippen molar-refractivity contribution < 1.29 is 23.8 Å². The molecular weight excluding hydrogens is 326 g/mol. The summed E-state index contributed by atoms with van der Waals surface area (Å²) in [6.07, 6.45) is -0.636. The Hall–Kier alpha value is -2.77. The second-order valence-corrected chi connectivity index (χ2v) is 6.54. The van der Waals surface area contributed by atoms with Crippen LogP contribution >= 0.6 is 0 Å². The van der Waals surface area contributed by atoms with Gasteiger partial charge in [0.1, 0.15) is 18.8 Å². The van der Waals surface area contributed by atoms with Crippen molar-refractivity contribution in [1.29, 1.82) is 0 Å². The van der Waals surface area contributed by atoms with E-state index in [1.54, 1.807) is 45.9 Å². The van der Waals surface area contributed by atoms with Gasteiger partial charge in [0.05, 0.1) is 6.42 Å². The first-order valence-corrected chi connectivity index (χ1v) is 7.94. The molecule has 0 atom stereocenters. The second kappa shape index (κ2) is 7.87. The van der Waals surface area contributed by atoms with Crippen molar-refractivity contribution >= 4 is 23.4 Å². The molecule has 1 aliphatic heterocycles. The molecule has 2 amide bonds. The number of carbonyl (C=O) groups excluding carboxylic acids is 2. The number of hydrazone groups is 1. The van der Waals surface area contributed by atoms with E-state index in [-0.39, 0.29) is 12.3 Å². The number of nitrogens with one attached hydrogen (secondary N) is 2. The molecule has 0 unspecified atom stereocenters. The predicted molar refractivity (Wildman–Crippen MR) is 93.2 cm³/mol. The molecular formula is C17H23N3O5. The normalized spacial score (nSPS) is 13.8. The Morgan fingerprint density at radius 3 is 2.56 bits per heavy atom. The van der Waals surface area contributed by atoms with Crippen LogP contribution in [0.2, 0.25) is 0 Å². The number of fused-ring (bicyclic) bond motifs is 1. The van der Waals surface area contributed by atoms with E-state index < -0.39 is 11.7 Å². The van der Waals surface area contributed by atoms with Crippen molar-refractivity contribution in [3.8, 4) is 11.5 Å². The lowest BCUT2D eigenvalue weighted by Gasteiger charge is -2.19. The van der Waals surface area contributed by atoms with E-state index in [2.05, 4.69) is 15.8 Å². The summed E-state index contributed by atoms with van der Waals surface area (Å²) in [5.41, 5.74) is 2.70. The SMILES string of the molecule is C/C(CC(=O)Nc1ccc2c(c1)OCCO2)=N\NC(=O)OC(C)(C)C. The van der Waals surface area contributed by atoms with E-state index in [0.717, 1.165) is 0 Å². The highest BCUT2D eigenvalue weighted by atomic mass is 16.6. The van der Waals surface area contributed by atoms with Gasteiger partial charge in [-0.2, -0.15) is 5.10 Å². The highest BCUT2D eigenvalue weighted by Crippen LogP contribution is 2.32. The highest BCUT2D eigenvalue weighted by molar-refractivity contribution is 6.05. The molecule has 136 valence electrons. The lowest BCUT2D eigenvalue weighted by molar-refractivity contribution is -0.115. The minimum atomic E-state index is -0.668. The fraction of sp³-hybridized carbons (Fsp3) is 0.471. The molecule has 0 spiro atoms. The van der Waals surface area contributed by atoms with Crippen molar-refractivity contribution in [1.82, 2.24) is 5.43 Å². The number of anilines is 1. The third-order valence-corrected chi connectivity index (χ3v) is 2.98. The van der Waals surface area contributed by atoms with Crippen LogP contribution < -0.4 is 20.2 Å². The molecule has 0 aromatic heterocycles. The summed E-state index contributed by atoms with van der Waals surface area (Å²) in [5.74, 6) is 0.994. The first kappa shape index (κ1) is 18.6. The Balaban J connectivity index is 1.85. The van der Waals surface area contributed by atoms with Crippen LogP contribution in [0.3, 0.4) is 0 Å². The van der Waals surface area contributed by atoms with Gasteiger partial charge in [0.2, 0.25) is 5.91 Å². The summed E-state index contributed by atoms with van der Waals surface area (Å²) in [5, 5.41) is 6.60. The van der Waals surface area contributed by atoms with Crippen LogP contribution in [0.1, 0.15) is 34.1 Å². The van der Waals surface area contributed by atoms with Crippen molar-refractivity contribution in [2.45, 2.75) is 39.7 Å². The Morgan fingerprint density at radius 2 is 1.88 bits per heavy atom. The van der Waals surface area contributed by atoms with Gasteiger partial charge >= 0.3 is 6.09 Å². The van der Waals surface area contributed by atoms with E-state index in [0.29, 0.717) is 36.1 Å². The molecule has 0 fully saturated rings. The zero-order chi connectivity index (χ0) is 18.4. The molecule has 8 nitrogen and oxygen atoms in total. The predicted octanol–water partition coefficient (Wildman–Crippen LogP) is 2.69. The summed E-state index contributed by atoms with van der Waals surface area (Å²) < 4.78 is 16.0. The maximum absolute atomic E-state index is 12.1. The van der Waals surface area contributed by atoms with Crippen LogP contribution in [0.4, 0.5) is 10.5 Å². The molecule has 1 heterocycles. The topological polar surface area (TPSA) is 98.3 Å². The van der Waals surface area contributed by atoms with Gasteiger partial charge in [-0.1, -0.05) is 0 Å². The first-order valence-electron chi connectivity index (χ1n) is 7.94. The minimum absolute atomic E-state index is 0.0320. The Morgan fingerprint density at radius 1 is 1.20 bits per heavy atom. The molecule has 8 heteroatoms. The zero-order valence-electron chi connectivity index (χ0n) is 14.8. The third kappa shape index (κ3) is 6.33. The standard InChI is InChI=1S/C17H23N3O5/c1-11(19-20-16(22)25-17(2,3)4)9-15(21)18-12-5-6-13-14(10-12)24-8-7-23-13/h5-6,10H,7-9H2,1-4H3,(H,18,21)(H,20,22)/b19-11+. The van der Waals surface area contributed by atoms with Gasteiger partial charge in [-0.15, -0.1) is 0 Å². The maximum Gasteiger partial charge on any atom is 0.428 e. The molecule has 0 radical (unpaired) electrons. The largest absolute Gasteiger partial charge is 0.486 e. The molecule has 0 aliphatic carbocycles. The molecule has 0 saturated heterocycles. The van der Waals surface area contributed by atoms with Gasteiger partial charge in [0.15, 0.2) is 11.5 Å². The monoisotopic (exact) mass is 349 g/mol. The van der Waals surface area contributed by atoms with Gasteiger partial charge in [0.25, 0.3) is 0 Å². The van der Waals surface area contributed by atoms with Gasteiger partial charge in [0, 0.05) is 17.5 Å². The van der Waals surface area contributed by atoms with Crippen molar-refractivity contribution in [3.05, 3.63) is 18.2 Å². The number of carbonyl (C=O) groups is 2. The Labute approximate surface area is 146 Å². The summed E-state index contributed by atoms with van der Waals surface area (Å²) in [4.78, 5) is 23.6. The number of hydrogen-bond donors (Lipinski definition) is 2. The van der Waals surface area contributed by atoms with Crippen LogP contribution in [0.25, 0.3) is 0 Å². The smallest absolute Gasteiger partial charge is 0.428 e. The van der Waals surface area contributed by atoms with Crippen molar-refractivity contribution in [2.24, 2.45) is 5.10 Å². The minimum Gasteiger partial charge on any atom is -0.486 e. The summed E-state index contributed by atoms with van der Waals surface area (Å²) in [6.45, 7) is 7.89. The molecule has 1 aliphatic rings. The molecule has 2 rings (SSSR count). The van der Waals surface area contributed by atoms with Crippen molar-refractivity contribution in [3.63, 3.8) is 0 Å². The number of nitrogens with zero attached hydrogens (tertiary/aromatic N) is 1. The quantitative estimate of drug-likeness (QED) is 0.643. The number of rotatable bonds is 4. The van der Waals surface area contributed by atoms with E-state index in [4.69, 9.17) is 14.2 Å². The molecule has 1 aromatic rings. The molecule has 1 aromatic carbocycles. The maximum atomic E-state index is 12.1. The van der Waals surface area contributed by atoms with Crippen LogP contribution in [0, 0.1) is 0 Å². The summed E-state index contributed by atoms with van der Waals surface area (Å²) in [6, 6.07) is 5.18. The number of amides is 2. The third-order valence-electron chi connectivity index (χ3n) is 2.98. The van der Waals surface area contributed by atoms with Gasteiger partial charge in [-0.25, -0.2) is 10.2 Å². The number of hydrogen-bond acceptors (Lipinski definition) is 6. The Kier molecular flexibility index (Phi) is 5.84. The van der Waals surface area contributed by atoms with Gasteiger partial charge < -0.3 is 19.5 Å². The molecule has 0 bridgehead atoms. The molecule has 25 heavy (non-hydrogen) atoms. The number of ether oxygens (including phenoxy) is 3. The summed E-state index contributed by atoms with van der Waals surface area (Å²) in [7, 11) is 0. The highest BCUT2D eigenvalue weighted by Gasteiger charge is 2.16. The van der Waals surface area contributed by atoms with E-state index >= 15 is 0 Å². The Bertz CT molecular complexity index is 679. The van der Waals surface area contributed by atoms with E-state index in [1.807, 2.05) is 0 Å². The second-order valence-electron chi connectivity index (χ2n) is 6.54. The zero-order valence-corrected chi connectivity index (χ0v) is 14.8. The molecule has 0 saturated carbocycles. The number of benzene rings is 1. The van der Waals surface area contributed by atoms with Crippen LogP contribution in [0.15, 0.2) is 23.3 Å². The lowest BCUT2D eigenvalue weighted by atomic mass is 10.2. The first-order chi connectivity index (χ1) is 11.7. The van der Waals surface area contributed by atoms with Crippen molar-refractivity contribution in [2.75, 3.05) is 18.5 Å². The van der Waals surface area contributed by atoms with Crippen LogP contribution in [-0.2, 0) is 9.53 Å². The van der Waals surface area contributed by atoms with Gasteiger partial charge in [-0.05, 0) is 39.8 Å². The average molecular weight is 349 g/mol. The molecule has 2 N–H and O–H groups in total. The van der Waals surface area contributed by atoms with Crippen LogP contribution in [-0.4, -0.2) is 36.5 Å². The average Bonchev–Trinajstić information content (AvgIpc) is 2.51. The van der Waals surface area contributed by atoms with E-state index in [9.17, 15) is 9.59 Å². The fourth-order valence-electron chi connectivity index (χ4n) is 2.04. The van der Waals surface area contributed by atoms with Gasteiger partial charge in [-0.3, -0.25) is 4.79 Å². The van der Waals surface area contributed by atoms with E-state index in [1.165, 1.54) is 0 Å². The summed E-state index contributed by atoms with van der Waals surface area (Å²) >= 11 is 0. The lowest BCUT2D eigenvalue weighted by Crippen LogP contribution is -2.30. The fourth-order valence-corrected chi connectivity index (χ4v) is 2.04. The van der Waals surface area contributed by atoms with Crippen LogP contribution in [0.5, 0.6) is 11.5 Å².